The second-order valence-electron chi connectivity index (χ2n) is 4.50. The molecule has 0 spiro atoms. The maximum Gasteiger partial charge on any atom is 0.243 e. The van der Waals surface area contributed by atoms with Gasteiger partial charge in [0.25, 0.3) is 0 Å². The lowest BCUT2D eigenvalue weighted by Crippen LogP contribution is -2.34. The van der Waals surface area contributed by atoms with E-state index in [1.54, 1.807) is 0 Å². The maximum atomic E-state index is 11.9. The lowest BCUT2D eigenvalue weighted by molar-refractivity contribution is 0.329. The third kappa shape index (κ3) is 3.83. The molecule has 19 heavy (non-hydrogen) atoms. The highest BCUT2D eigenvalue weighted by molar-refractivity contribution is 7.89. The molecular weight excluding hydrogens is 268 g/mol. The van der Waals surface area contributed by atoms with E-state index in [-0.39, 0.29) is 10.8 Å². The molecule has 1 saturated carbocycles. The monoisotopic (exact) mass is 286 g/mol. The van der Waals surface area contributed by atoms with Gasteiger partial charge in [0.15, 0.2) is 0 Å². The van der Waals surface area contributed by atoms with E-state index in [1.165, 1.54) is 25.2 Å². The molecule has 0 aromatic carbocycles. The number of nitrogens with one attached hydrogen (secondary N) is 2. The number of rotatable bonds is 7. The van der Waals surface area contributed by atoms with Crippen LogP contribution in [0.2, 0.25) is 0 Å². The number of hydrogen-bond acceptors (Lipinski definition) is 7. The molecule has 1 aliphatic rings. The highest BCUT2D eigenvalue weighted by Crippen LogP contribution is 2.24. The number of nitrogens with two attached hydrogens (primary N) is 1. The molecule has 0 atom stereocenters. The van der Waals surface area contributed by atoms with Gasteiger partial charge in [-0.15, -0.1) is 0 Å². The van der Waals surface area contributed by atoms with Crippen molar-refractivity contribution < 1.29 is 8.42 Å². The molecule has 8 nitrogen and oxygen atoms in total. The predicted molar refractivity (Wildman–Crippen MR) is 70.7 cm³/mol. The summed E-state index contributed by atoms with van der Waals surface area (Å²) < 4.78 is 26.4. The number of nitrogen functional groups attached to an aromatic ring is 1. The zero-order valence-electron chi connectivity index (χ0n) is 10.7. The van der Waals surface area contributed by atoms with Crippen molar-refractivity contribution in [3.63, 3.8) is 0 Å². The lowest BCUT2D eigenvalue weighted by atomic mass is 10.5. The minimum atomic E-state index is -3.56. The minimum Gasteiger partial charge on any atom is -0.302 e. The van der Waals surface area contributed by atoms with Gasteiger partial charge in [0.05, 0.1) is 12.4 Å². The molecule has 0 saturated heterocycles. The first-order valence-electron chi connectivity index (χ1n) is 6.01. The maximum absolute atomic E-state index is 11.9. The normalized spacial score (nSPS) is 15.7. The van der Waals surface area contributed by atoms with Crippen molar-refractivity contribution in [2.75, 3.05) is 25.6 Å². The summed E-state index contributed by atoms with van der Waals surface area (Å²) in [4.78, 5) is 9.72. The number of hydrogen-bond donors (Lipinski definition) is 3. The van der Waals surface area contributed by atoms with E-state index in [0.717, 1.165) is 0 Å². The minimum absolute atomic E-state index is 0.0283. The Morgan fingerprint density at radius 3 is 2.58 bits per heavy atom. The molecule has 0 bridgehead atoms. The zero-order valence-corrected chi connectivity index (χ0v) is 11.5. The molecule has 2 rings (SSSR count). The van der Waals surface area contributed by atoms with Crippen molar-refractivity contribution in [2.45, 2.75) is 23.8 Å². The average Bonchev–Trinajstić information content (AvgIpc) is 3.23. The van der Waals surface area contributed by atoms with E-state index < -0.39 is 10.0 Å². The molecule has 1 fully saturated rings. The van der Waals surface area contributed by atoms with E-state index in [1.807, 2.05) is 7.05 Å². The quantitative estimate of drug-likeness (QED) is 0.441. The first-order valence-corrected chi connectivity index (χ1v) is 7.50. The van der Waals surface area contributed by atoms with Gasteiger partial charge in [-0.2, -0.15) is 0 Å². The highest BCUT2D eigenvalue weighted by Gasteiger charge is 2.25. The second kappa shape index (κ2) is 5.78. The van der Waals surface area contributed by atoms with Gasteiger partial charge in [-0.25, -0.2) is 29.0 Å². The molecular formula is C10H18N6O2S. The van der Waals surface area contributed by atoms with Crippen LogP contribution in [0, 0.1) is 0 Å². The topological polar surface area (TPSA) is 113 Å². The van der Waals surface area contributed by atoms with Crippen LogP contribution in [0.25, 0.3) is 0 Å². The van der Waals surface area contributed by atoms with E-state index >= 15 is 0 Å². The molecule has 1 heterocycles. The second-order valence-corrected chi connectivity index (χ2v) is 6.26. The molecule has 1 aliphatic carbocycles. The van der Waals surface area contributed by atoms with Gasteiger partial charge >= 0.3 is 0 Å². The zero-order chi connectivity index (χ0) is 13.9. The van der Waals surface area contributed by atoms with E-state index in [9.17, 15) is 8.42 Å². The van der Waals surface area contributed by atoms with Crippen LogP contribution in [-0.2, 0) is 10.0 Å². The molecule has 0 unspecified atom stereocenters. The summed E-state index contributed by atoms with van der Waals surface area (Å²) in [6.07, 6.45) is 4.83. The molecule has 0 radical (unpaired) electrons. The van der Waals surface area contributed by atoms with Crippen LogP contribution in [0.1, 0.15) is 12.8 Å². The number of hydrazine groups is 1. The van der Waals surface area contributed by atoms with Crippen molar-refractivity contribution >= 4 is 16.0 Å². The Balaban J connectivity index is 1.89. The third-order valence-electron chi connectivity index (χ3n) is 2.99. The van der Waals surface area contributed by atoms with Gasteiger partial charge in [0.2, 0.25) is 16.0 Å². The van der Waals surface area contributed by atoms with Crippen molar-refractivity contribution in [1.82, 2.24) is 19.6 Å². The molecule has 1 aromatic rings. The third-order valence-corrected chi connectivity index (χ3v) is 4.41. The molecule has 106 valence electrons. The first-order chi connectivity index (χ1) is 9.03. The molecule has 4 N–H and O–H groups in total. The number of aromatic nitrogens is 2. The summed E-state index contributed by atoms with van der Waals surface area (Å²) >= 11 is 0. The fraction of sp³-hybridized carbons (Fsp3) is 0.600. The van der Waals surface area contributed by atoms with Gasteiger partial charge < -0.3 is 4.90 Å². The Morgan fingerprint density at radius 2 is 2.05 bits per heavy atom. The molecule has 9 heteroatoms. The Labute approximate surface area is 112 Å². The average molecular weight is 286 g/mol. The summed E-state index contributed by atoms with van der Waals surface area (Å²) in [6.45, 7) is 1.05. The van der Waals surface area contributed by atoms with Gasteiger partial charge in [-0.05, 0) is 19.9 Å². The standard InChI is InChI=1S/C10H18N6O2S/c1-16(8-2-3-8)5-4-14-19(17,18)9-6-12-10(15-11)13-7-9/h6-8,14H,2-5,11H2,1H3,(H,12,13,15). The summed E-state index contributed by atoms with van der Waals surface area (Å²) in [6, 6.07) is 0.614. The van der Waals surface area contributed by atoms with Crippen LogP contribution in [-0.4, -0.2) is 49.5 Å². The predicted octanol–water partition coefficient (Wildman–Crippen LogP) is -0.865. The Morgan fingerprint density at radius 1 is 1.42 bits per heavy atom. The Bertz CT molecular complexity index is 513. The van der Waals surface area contributed by atoms with Crippen LogP contribution < -0.4 is 16.0 Å². The van der Waals surface area contributed by atoms with Gasteiger partial charge in [0, 0.05) is 19.1 Å². The number of nitrogens with zero attached hydrogens (tertiary/aromatic N) is 3. The Kier molecular flexibility index (Phi) is 4.30. The van der Waals surface area contributed by atoms with Gasteiger partial charge in [-0.3, -0.25) is 5.43 Å². The van der Waals surface area contributed by atoms with Crippen molar-refractivity contribution in [1.29, 1.82) is 0 Å². The summed E-state index contributed by atoms with van der Waals surface area (Å²) in [5.41, 5.74) is 2.24. The van der Waals surface area contributed by atoms with Crippen LogP contribution in [0.5, 0.6) is 0 Å². The molecule has 1 aromatic heterocycles. The van der Waals surface area contributed by atoms with Crippen molar-refractivity contribution in [3.05, 3.63) is 12.4 Å². The fourth-order valence-electron chi connectivity index (χ4n) is 1.67. The van der Waals surface area contributed by atoms with E-state index in [4.69, 9.17) is 5.84 Å². The summed E-state index contributed by atoms with van der Waals surface area (Å²) in [7, 11) is -1.56. The molecule has 0 aliphatic heterocycles. The lowest BCUT2D eigenvalue weighted by Gasteiger charge is -2.15. The Hall–Kier alpha value is -1.29. The number of anilines is 1. The highest BCUT2D eigenvalue weighted by atomic mass is 32.2. The van der Waals surface area contributed by atoms with Gasteiger partial charge in [-0.1, -0.05) is 0 Å². The van der Waals surface area contributed by atoms with Gasteiger partial charge in [0.1, 0.15) is 4.90 Å². The first kappa shape index (κ1) is 14.1. The fourth-order valence-corrected chi connectivity index (χ4v) is 2.58. The number of sulfonamides is 1. The summed E-state index contributed by atoms with van der Waals surface area (Å²) in [5, 5.41) is 0. The SMILES string of the molecule is CN(CCNS(=O)(=O)c1cnc(NN)nc1)C1CC1. The van der Waals surface area contributed by atoms with Crippen LogP contribution in [0.3, 0.4) is 0 Å². The number of likely N-dealkylation sites (N-methyl/N-ethyl adjacent to an activating group) is 1. The summed E-state index contributed by atoms with van der Waals surface area (Å²) in [5.74, 6) is 5.28. The van der Waals surface area contributed by atoms with E-state index in [2.05, 4.69) is 25.0 Å². The van der Waals surface area contributed by atoms with Crippen molar-refractivity contribution in [2.24, 2.45) is 5.84 Å². The van der Waals surface area contributed by atoms with Crippen LogP contribution in [0.15, 0.2) is 17.3 Å². The van der Waals surface area contributed by atoms with Crippen LogP contribution >= 0.6 is 0 Å². The van der Waals surface area contributed by atoms with E-state index in [0.29, 0.717) is 19.1 Å². The largest absolute Gasteiger partial charge is 0.302 e. The molecule has 0 amide bonds. The van der Waals surface area contributed by atoms with Crippen molar-refractivity contribution in [3.8, 4) is 0 Å². The van der Waals surface area contributed by atoms with Crippen LogP contribution in [0.4, 0.5) is 5.95 Å². The smallest absolute Gasteiger partial charge is 0.243 e.